The van der Waals surface area contributed by atoms with E-state index in [4.69, 9.17) is 4.42 Å². The van der Waals surface area contributed by atoms with Gasteiger partial charge in [-0.05, 0) is 48.8 Å². The summed E-state index contributed by atoms with van der Waals surface area (Å²) < 4.78 is 6.44. The second-order valence-corrected chi connectivity index (χ2v) is 8.38. The summed E-state index contributed by atoms with van der Waals surface area (Å²) in [5.74, 6) is 3.86. The Kier molecular flexibility index (Phi) is 5.08. The number of likely N-dealkylation sites (tertiary alicyclic amines) is 1. The highest BCUT2D eigenvalue weighted by molar-refractivity contribution is 7.98. The van der Waals surface area contributed by atoms with Gasteiger partial charge >= 0.3 is 0 Å². The fraction of sp³-hybridized carbons (Fsp3) is 0.368. The van der Waals surface area contributed by atoms with E-state index >= 15 is 0 Å². The molecule has 0 bridgehead atoms. The van der Waals surface area contributed by atoms with Crippen molar-refractivity contribution in [2.24, 2.45) is 5.92 Å². The summed E-state index contributed by atoms with van der Waals surface area (Å²) in [6.45, 7) is 1.67. The number of amides is 1. The molecule has 0 saturated carbocycles. The SMILES string of the molecule is O=C(c1nc2ccccc2s1)N1CCC(CSCc2ccco2)CC1. The number of carbonyl (C=O) groups excluding carboxylic acids is 1. The predicted octanol–water partition coefficient (Wildman–Crippen LogP) is 4.67. The maximum atomic E-state index is 12.7. The van der Waals surface area contributed by atoms with Crippen LogP contribution in [0.4, 0.5) is 0 Å². The van der Waals surface area contributed by atoms with Gasteiger partial charge in [0.15, 0.2) is 5.01 Å². The Morgan fingerprint density at radius 1 is 1.24 bits per heavy atom. The highest BCUT2D eigenvalue weighted by Gasteiger charge is 2.25. The lowest BCUT2D eigenvalue weighted by Crippen LogP contribution is -2.38. The molecule has 4 rings (SSSR count). The van der Waals surface area contributed by atoms with Gasteiger partial charge in [-0.15, -0.1) is 11.3 Å². The molecule has 0 aliphatic carbocycles. The summed E-state index contributed by atoms with van der Waals surface area (Å²) >= 11 is 3.41. The number of carbonyl (C=O) groups is 1. The zero-order valence-corrected chi connectivity index (χ0v) is 15.5. The van der Waals surface area contributed by atoms with Crippen LogP contribution in [0.15, 0.2) is 47.1 Å². The van der Waals surface area contributed by atoms with Crippen LogP contribution in [0.3, 0.4) is 0 Å². The van der Waals surface area contributed by atoms with Gasteiger partial charge in [-0.2, -0.15) is 11.8 Å². The molecule has 0 unspecified atom stereocenters. The van der Waals surface area contributed by atoms with E-state index in [0.717, 1.165) is 53.4 Å². The molecule has 1 aromatic carbocycles. The number of furan rings is 1. The maximum Gasteiger partial charge on any atom is 0.282 e. The lowest BCUT2D eigenvalue weighted by molar-refractivity contribution is 0.0698. The predicted molar refractivity (Wildman–Crippen MR) is 103 cm³/mol. The van der Waals surface area contributed by atoms with Crippen molar-refractivity contribution >= 4 is 39.2 Å². The fourth-order valence-corrected chi connectivity index (χ4v) is 5.21. The third-order valence-electron chi connectivity index (χ3n) is 4.56. The lowest BCUT2D eigenvalue weighted by Gasteiger charge is -2.31. The normalized spacial score (nSPS) is 15.8. The number of piperidine rings is 1. The summed E-state index contributed by atoms with van der Waals surface area (Å²) in [7, 11) is 0. The number of thioether (sulfide) groups is 1. The minimum Gasteiger partial charge on any atom is -0.468 e. The number of hydrogen-bond acceptors (Lipinski definition) is 5. The maximum absolute atomic E-state index is 12.7. The van der Waals surface area contributed by atoms with Gasteiger partial charge in [0.2, 0.25) is 0 Å². The van der Waals surface area contributed by atoms with Gasteiger partial charge in [-0.25, -0.2) is 4.98 Å². The van der Waals surface area contributed by atoms with E-state index in [9.17, 15) is 4.79 Å². The monoisotopic (exact) mass is 372 g/mol. The van der Waals surface area contributed by atoms with Gasteiger partial charge in [0.05, 0.1) is 22.2 Å². The molecular weight excluding hydrogens is 352 g/mol. The van der Waals surface area contributed by atoms with Gasteiger partial charge in [-0.3, -0.25) is 4.79 Å². The molecule has 1 fully saturated rings. The van der Waals surface area contributed by atoms with Gasteiger partial charge in [0.25, 0.3) is 5.91 Å². The van der Waals surface area contributed by atoms with Crippen LogP contribution >= 0.6 is 23.1 Å². The third kappa shape index (κ3) is 3.90. The van der Waals surface area contributed by atoms with Crippen molar-refractivity contribution in [2.75, 3.05) is 18.8 Å². The average Bonchev–Trinajstić information content (AvgIpc) is 3.31. The highest BCUT2D eigenvalue weighted by Crippen LogP contribution is 2.27. The largest absolute Gasteiger partial charge is 0.468 e. The Morgan fingerprint density at radius 3 is 2.84 bits per heavy atom. The van der Waals surface area contributed by atoms with Gasteiger partial charge < -0.3 is 9.32 Å². The molecule has 0 radical (unpaired) electrons. The van der Waals surface area contributed by atoms with E-state index in [1.807, 2.05) is 53.1 Å². The van der Waals surface area contributed by atoms with Crippen LogP contribution in [0.25, 0.3) is 10.2 Å². The second kappa shape index (κ2) is 7.62. The zero-order chi connectivity index (χ0) is 17.1. The van der Waals surface area contributed by atoms with Gasteiger partial charge in [-0.1, -0.05) is 12.1 Å². The minimum atomic E-state index is 0.0860. The van der Waals surface area contributed by atoms with Crippen LogP contribution in [0.5, 0.6) is 0 Å². The molecular formula is C19H20N2O2S2. The molecule has 1 aliphatic rings. The molecule has 3 heterocycles. The summed E-state index contributed by atoms with van der Waals surface area (Å²) in [6, 6.07) is 11.9. The fourth-order valence-electron chi connectivity index (χ4n) is 3.12. The number of hydrogen-bond donors (Lipinski definition) is 0. The van der Waals surface area contributed by atoms with Gasteiger partial charge in [0.1, 0.15) is 5.76 Å². The topological polar surface area (TPSA) is 46.3 Å². The van der Waals surface area contributed by atoms with E-state index in [2.05, 4.69) is 4.98 Å². The quantitative estimate of drug-likeness (QED) is 0.653. The molecule has 3 aromatic rings. The molecule has 25 heavy (non-hydrogen) atoms. The highest BCUT2D eigenvalue weighted by atomic mass is 32.2. The van der Waals surface area contributed by atoms with Crippen LogP contribution in [-0.4, -0.2) is 34.6 Å². The standard InChI is InChI=1S/C19H20N2O2S2/c22-19(18-20-16-5-1-2-6-17(16)25-18)21-9-7-14(8-10-21)12-24-13-15-4-3-11-23-15/h1-6,11,14H,7-10,12-13H2. The number of rotatable bonds is 5. The summed E-state index contributed by atoms with van der Waals surface area (Å²) in [5.41, 5.74) is 0.917. The third-order valence-corrected chi connectivity index (χ3v) is 6.78. The second-order valence-electron chi connectivity index (χ2n) is 6.32. The van der Waals surface area contributed by atoms with Crippen molar-refractivity contribution < 1.29 is 9.21 Å². The zero-order valence-electron chi connectivity index (χ0n) is 13.9. The van der Waals surface area contributed by atoms with Crippen molar-refractivity contribution in [3.8, 4) is 0 Å². The van der Waals surface area contributed by atoms with Crippen molar-refractivity contribution in [2.45, 2.75) is 18.6 Å². The summed E-state index contributed by atoms with van der Waals surface area (Å²) in [4.78, 5) is 19.2. The number of aromatic nitrogens is 1. The molecule has 0 atom stereocenters. The first-order chi connectivity index (χ1) is 12.3. The molecule has 130 valence electrons. The first-order valence-corrected chi connectivity index (χ1v) is 10.5. The Labute approximate surface area is 155 Å². The van der Waals surface area contributed by atoms with Crippen molar-refractivity contribution in [1.29, 1.82) is 0 Å². The number of fused-ring (bicyclic) bond motifs is 1. The van der Waals surface area contributed by atoms with Crippen LogP contribution in [0.1, 0.15) is 28.4 Å². The van der Waals surface area contributed by atoms with Crippen LogP contribution in [0, 0.1) is 5.92 Å². The Balaban J connectivity index is 1.28. The molecule has 2 aromatic heterocycles. The molecule has 6 heteroatoms. The Morgan fingerprint density at radius 2 is 2.08 bits per heavy atom. The molecule has 4 nitrogen and oxygen atoms in total. The minimum absolute atomic E-state index is 0.0860. The van der Waals surface area contributed by atoms with Crippen LogP contribution in [-0.2, 0) is 5.75 Å². The number of para-hydroxylation sites is 1. The van der Waals surface area contributed by atoms with Gasteiger partial charge in [0, 0.05) is 13.1 Å². The number of thiazole rings is 1. The molecule has 1 aliphatic heterocycles. The van der Waals surface area contributed by atoms with E-state index in [1.54, 1.807) is 6.26 Å². The van der Waals surface area contributed by atoms with E-state index in [1.165, 1.54) is 11.3 Å². The average molecular weight is 373 g/mol. The first kappa shape index (κ1) is 16.7. The van der Waals surface area contributed by atoms with E-state index < -0.39 is 0 Å². The molecule has 0 N–H and O–H groups in total. The van der Waals surface area contributed by atoms with Crippen molar-refractivity contribution in [1.82, 2.24) is 9.88 Å². The van der Waals surface area contributed by atoms with E-state index in [0.29, 0.717) is 10.9 Å². The molecule has 1 amide bonds. The number of benzene rings is 1. The summed E-state index contributed by atoms with van der Waals surface area (Å²) in [6.07, 6.45) is 3.87. The Hall–Kier alpha value is -1.79. The smallest absolute Gasteiger partial charge is 0.282 e. The summed E-state index contributed by atoms with van der Waals surface area (Å²) in [5, 5.41) is 0.617. The van der Waals surface area contributed by atoms with Crippen LogP contribution in [0.2, 0.25) is 0 Å². The number of nitrogens with zero attached hydrogens (tertiary/aromatic N) is 2. The molecule has 0 spiro atoms. The van der Waals surface area contributed by atoms with Crippen molar-refractivity contribution in [3.63, 3.8) is 0 Å². The van der Waals surface area contributed by atoms with Crippen LogP contribution < -0.4 is 0 Å². The lowest BCUT2D eigenvalue weighted by atomic mass is 9.99. The first-order valence-electron chi connectivity index (χ1n) is 8.54. The Bertz CT molecular complexity index is 803. The van der Waals surface area contributed by atoms with Crippen molar-refractivity contribution in [3.05, 3.63) is 53.4 Å². The molecule has 1 saturated heterocycles. The van der Waals surface area contributed by atoms with E-state index in [-0.39, 0.29) is 5.91 Å².